The van der Waals surface area contributed by atoms with Crippen LogP contribution in [0.5, 0.6) is 0 Å². The Balaban J connectivity index is 1.97. The van der Waals surface area contributed by atoms with E-state index in [1.165, 1.54) is 0 Å². The van der Waals surface area contributed by atoms with Crippen LogP contribution >= 0.6 is 35.0 Å². The summed E-state index contributed by atoms with van der Waals surface area (Å²) in [6.45, 7) is 0. The third kappa shape index (κ3) is 3.44. The Labute approximate surface area is 114 Å². The van der Waals surface area contributed by atoms with Crippen molar-refractivity contribution in [3.05, 3.63) is 28.2 Å². The monoisotopic (exact) mass is 290 g/mol. The molecule has 17 heavy (non-hydrogen) atoms. The number of halogens is 2. The SMILES string of the molecule is O=C(Nc1c(Cl)cccc1Cl)NC1CCSC1. The summed E-state index contributed by atoms with van der Waals surface area (Å²) < 4.78 is 0. The molecule has 1 aromatic carbocycles. The lowest BCUT2D eigenvalue weighted by Gasteiger charge is -2.14. The highest BCUT2D eigenvalue weighted by atomic mass is 35.5. The summed E-state index contributed by atoms with van der Waals surface area (Å²) in [4.78, 5) is 11.7. The Morgan fingerprint density at radius 2 is 2.06 bits per heavy atom. The highest BCUT2D eigenvalue weighted by molar-refractivity contribution is 7.99. The zero-order valence-corrected chi connectivity index (χ0v) is 11.3. The molecule has 0 bridgehead atoms. The van der Waals surface area contributed by atoms with E-state index in [4.69, 9.17) is 23.2 Å². The van der Waals surface area contributed by atoms with Gasteiger partial charge in [0, 0.05) is 11.8 Å². The molecule has 1 aliphatic rings. The smallest absolute Gasteiger partial charge is 0.319 e. The lowest BCUT2D eigenvalue weighted by Crippen LogP contribution is -2.37. The van der Waals surface area contributed by atoms with E-state index >= 15 is 0 Å². The van der Waals surface area contributed by atoms with E-state index in [1.54, 1.807) is 18.2 Å². The van der Waals surface area contributed by atoms with Gasteiger partial charge < -0.3 is 10.6 Å². The molecule has 1 saturated heterocycles. The van der Waals surface area contributed by atoms with Gasteiger partial charge in [0.15, 0.2) is 0 Å². The van der Waals surface area contributed by atoms with Gasteiger partial charge in [0.25, 0.3) is 0 Å². The summed E-state index contributed by atoms with van der Waals surface area (Å²) in [5, 5.41) is 6.45. The number of nitrogens with one attached hydrogen (secondary N) is 2. The van der Waals surface area contributed by atoms with Crippen LogP contribution in [0.3, 0.4) is 0 Å². The first-order valence-electron chi connectivity index (χ1n) is 5.26. The molecule has 6 heteroatoms. The maximum Gasteiger partial charge on any atom is 0.319 e. The van der Waals surface area contributed by atoms with Gasteiger partial charge in [0.2, 0.25) is 0 Å². The van der Waals surface area contributed by atoms with Gasteiger partial charge in [-0.1, -0.05) is 29.3 Å². The normalized spacial score (nSPS) is 19.1. The zero-order valence-electron chi connectivity index (χ0n) is 9.00. The number of hydrogen-bond acceptors (Lipinski definition) is 2. The molecule has 0 saturated carbocycles. The molecule has 1 aliphatic heterocycles. The minimum Gasteiger partial charge on any atom is -0.334 e. The molecule has 2 amide bonds. The van der Waals surface area contributed by atoms with E-state index in [1.807, 2.05) is 11.8 Å². The topological polar surface area (TPSA) is 41.1 Å². The Morgan fingerprint density at radius 3 is 2.65 bits per heavy atom. The molecule has 0 spiro atoms. The van der Waals surface area contributed by atoms with Crippen molar-refractivity contribution in [1.82, 2.24) is 5.32 Å². The Morgan fingerprint density at radius 1 is 1.35 bits per heavy atom. The molecule has 0 aliphatic carbocycles. The summed E-state index contributed by atoms with van der Waals surface area (Å²) in [5.41, 5.74) is 0.457. The van der Waals surface area contributed by atoms with Crippen molar-refractivity contribution in [2.24, 2.45) is 0 Å². The standard InChI is InChI=1S/C11H12Cl2N2OS/c12-8-2-1-3-9(13)10(8)15-11(16)14-7-4-5-17-6-7/h1-3,7H,4-6H2,(H2,14,15,16). The van der Waals surface area contributed by atoms with Gasteiger partial charge in [0.1, 0.15) is 0 Å². The maximum atomic E-state index is 11.7. The first-order valence-corrected chi connectivity index (χ1v) is 7.17. The average molecular weight is 291 g/mol. The molecule has 92 valence electrons. The third-order valence-corrected chi connectivity index (χ3v) is 4.26. The first-order chi connectivity index (χ1) is 8.16. The van der Waals surface area contributed by atoms with Crippen molar-refractivity contribution in [1.29, 1.82) is 0 Å². The highest BCUT2D eigenvalue weighted by Gasteiger charge is 2.18. The van der Waals surface area contributed by atoms with Crippen LogP contribution in [0.15, 0.2) is 18.2 Å². The number of thioether (sulfide) groups is 1. The molecular weight excluding hydrogens is 279 g/mol. The van der Waals surface area contributed by atoms with Crippen LogP contribution in [0.1, 0.15) is 6.42 Å². The predicted octanol–water partition coefficient (Wildman–Crippen LogP) is 3.62. The fraction of sp³-hybridized carbons (Fsp3) is 0.364. The third-order valence-electron chi connectivity index (χ3n) is 2.47. The van der Waals surface area contributed by atoms with E-state index in [9.17, 15) is 4.79 Å². The minimum absolute atomic E-state index is 0.237. The van der Waals surface area contributed by atoms with Gasteiger partial charge in [-0.15, -0.1) is 0 Å². The van der Waals surface area contributed by atoms with Crippen molar-refractivity contribution in [2.75, 3.05) is 16.8 Å². The lowest BCUT2D eigenvalue weighted by atomic mass is 10.3. The number of urea groups is 1. The summed E-state index contributed by atoms with van der Waals surface area (Å²) >= 11 is 13.8. The number of benzene rings is 1. The lowest BCUT2D eigenvalue weighted by molar-refractivity contribution is 0.249. The number of anilines is 1. The quantitative estimate of drug-likeness (QED) is 0.873. The van der Waals surface area contributed by atoms with Crippen molar-refractivity contribution >= 4 is 46.7 Å². The second-order valence-corrected chi connectivity index (χ2v) is 5.72. The molecule has 1 aromatic rings. The van der Waals surface area contributed by atoms with Crippen LogP contribution < -0.4 is 10.6 Å². The fourth-order valence-electron chi connectivity index (χ4n) is 1.60. The maximum absolute atomic E-state index is 11.7. The zero-order chi connectivity index (χ0) is 12.3. The van der Waals surface area contributed by atoms with Crippen molar-refractivity contribution in [2.45, 2.75) is 12.5 Å². The predicted molar refractivity (Wildman–Crippen MR) is 74.3 cm³/mol. The van der Waals surface area contributed by atoms with Gasteiger partial charge in [-0.25, -0.2) is 4.79 Å². The number of para-hydroxylation sites is 1. The summed E-state index contributed by atoms with van der Waals surface area (Å²) in [7, 11) is 0. The molecule has 0 aromatic heterocycles. The van der Waals surface area contributed by atoms with E-state index in [0.29, 0.717) is 15.7 Å². The van der Waals surface area contributed by atoms with Gasteiger partial charge >= 0.3 is 6.03 Å². The van der Waals surface area contributed by atoms with Crippen molar-refractivity contribution < 1.29 is 4.79 Å². The Hall–Kier alpha value is -0.580. The molecular formula is C11H12Cl2N2OS. The van der Waals surface area contributed by atoms with E-state index < -0.39 is 0 Å². The minimum atomic E-state index is -0.257. The second kappa shape index (κ2) is 5.85. The molecule has 1 unspecified atom stereocenters. The van der Waals surface area contributed by atoms with Gasteiger partial charge in [-0.2, -0.15) is 11.8 Å². The molecule has 0 radical (unpaired) electrons. The van der Waals surface area contributed by atoms with Crippen molar-refractivity contribution in [3.8, 4) is 0 Å². The van der Waals surface area contributed by atoms with Crippen molar-refractivity contribution in [3.63, 3.8) is 0 Å². The van der Waals surface area contributed by atoms with Crippen LogP contribution in [0, 0.1) is 0 Å². The summed E-state index contributed by atoms with van der Waals surface area (Å²) in [6, 6.07) is 5.10. The second-order valence-electron chi connectivity index (χ2n) is 3.76. The van der Waals surface area contributed by atoms with Gasteiger partial charge in [-0.05, 0) is 24.3 Å². The molecule has 1 heterocycles. The van der Waals surface area contributed by atoms with Crippen LogP contribution in [-0.4, -0.2) is 23.6 Å². The van der Waals surface area contributed by atoms with Crippen LogP contribution in [0.2, 0.25) is 10.0 Å². The molecule has 1 fully saturated rings. The van der Waals surface area contributed by atoms with Crippen LogP contribution in [-0.2, 0) is 0 Å². The summed E-state index contributed by atoms with van der Waals surface area (Å²) in [6.07, 6.45) is 1.01. The largest absolute Gasteiger partial charge is 0.334 e. The van der Waals surface area contributed by atoms with Crippen LogP contribution in [0.25, 0.3) is 0 Å². The fourth-order valence-corrected chi connectivity index (χ4v) is 3.24. The van der Waals surface area contributed by atoms with Gasteiger partial charge in [0.05, 0.1) is 15.7 Å². The number of amides is 2. The molecule has 3 nitrogen and oxygen atoms in total. The number of rotatable bonds is 2. The molecule has 1 atom stereocenters. The first kappa shape index (κ1) is 12.9. The Kier molecular flexibility index (Phi) is 4.42. The highest BCUT2D eigenvalue weighted by Crippen LogP contribution is 2.29. The van der Waals surface area contributed by atoms with E-state index in [-0.39, 0.29) is 12.1 Å². The Bertz CT molecular complexity index is 402. The average Bonchev–Trinajstić information content (AvgIpc) is 2.76. The molecule has 2 rings (SSSR count). The van der Waals surface area contributed by atoms with E-state index in [2.05, 4.69) is 10.6 Å². The number of carbonyl (C=O) groups excluding carboxylic acids is 1. The van der Waals surface area contributed by atoms with Crippen LogP contribution in [0.4, 0.5) is 10.5 Å². The van der Waals surface area contributed by atoms with E-state index in [0.717, 1.165) is 17.9 Å². The number of hydrogen-bond donors (Lipinski definition) is 2. The summed E-state index contributed by atoms with van der Waals surface area (Å²) in [5.74, 6) is 2.06. The molecule has 2 N–H and O–H groups in total. The number of carbonyl (C=O) groups is 1. The van der Waals surface area contributed by atoms with Gasteiger partial charge in [-0.3, -0.25) is 0 Å².